The Hall–Kier alpha value is -3.78. The number of nitrogens with zero attached hydrogens (tertiary/aromatic N) is 2. The Balaban J connectivity index is 0.000000260. The molecule has 2 aromatic rings. The first-order valence-corrected chi connectivity index (χ1v) is 16.9. The zero-order valence-electron chi connectivity index (χ0n) is 27.2. The third-order valence-corrected chi connectivity index (χ3v) is 9.28. The summed E-state index contributed by atoms with van der Waals surface area (Å²) in [5.74, 6) is -0.176. The highest BCUT2D eigenvalue weighted by Gasteiger charge is 2.25. The van der Waals surface area contributed by atoms with E-state index in [9.17, 15) is 23.6 Å². The molecule has 12 nitrogen and oxygen atoms in total. The molecule has 7 N–H and O–H groups in total. The lowest BCUT2D eigenvalue weighted by molar-refractivity contribution is -0.133. The highest BCUT2D eigenvalue weighted by molar-refractivity contribution is 6.33. The number of hydrogen-bond acceptors (Lipinski definition) is 7. The molecule has 14 heteroatoms. The second-order valence-electron chi connectivity index (χ2n) is 12.4. The van der Waals surface area contributed by atoms with Crippen molar-refractivity contribution < 1.29 is 34.0 Å². The van der Waals surface area contributed by atoms with E-state index in [-0.39, 0.29) is 40.5 Å². The average molecular weight is 691 g/mol. The van der Waals surface area contributed by atoms with Gasteiger partial charge in [-0.1, -0.05) is 48.0 Å². The van der Waals surface area contributed by atoms with Crippen molar-refractivity contribution in [3.05, 3.63) is 64.9 Å². The van der Waals surface area contributed by atoms with Gasteiger partial charge in [-0.2, -0.15) is 0 Å². The summed E-state index contributed by atoms with van der Waals surface area (Å²) in [5.41, 5.74) is 10.4. The minimum atomic E-state index is -0.562. The third kappa shape index (κ3) is 13.0. The molecule has 1 atom stereocenters. The number of piperidine rings is 2. The topological polar surface area (TPSA) is 177 Å². The molecule has 0 saturated carbocycles. The van der Waals surface area contributed by atoms with Crippen molar-refractivity contribution in [2.24, 2.45) is 17.6 Å². The molecule has 2 aromatic carbocycles. The fourth-order valence-corrected chi connectivity index (χ4v) is 6.26. The SMILES string of the molecule is N[C@H](CC(=O)N1CCC(CCCC(=O)NO)CC1)c1ccccc1.O=C(CCCC1CCN(C(=O)Nc2c(F)cccc2Cl)CC1)NO. The van der Waals surface area contributed by atoms with E-state index in [1.165, 1.54) is 18.2 Å². The number of hydrogen-bond donors (Lipinski definition) is 6. The lowest BCUT2D eigenvalue weighted by Gasteiger charge is -2.32. The maximum absolute atomic E-state index is 13.7. The number of halogens is 2. The van der Waals surface area contributed by atoms with Gasteiger partial charge in [0.15, 0.2) is 0 Å². The number of carbonyl (C=O) groups excluding carboxylic acids is 4. The summed E-state index contributed by atoms with van der Waals surface area (Å²) in [6, 6.07) is 13.3. The molecule has 2 fully saturated rings. The van der Waals surface area contributed by atoms with Gasteiger partial charge < -0.3 is 20.9 Å². The highest BCUT2D eigenvalue weighted by atomic mass is 35.5. The molecule has 2 heterocycles. The van der Waals surface area contributed by atoms with Gasteiger partial charge in [0.1, 0.15) is 5.82 Å². The summed E-state index contributed by atoms with van der Waals surface area (Å²) in [7, 11) is 0. The maximum atomic E-state index is 13.7. The number of anilines is 1. The molecule has 0 spiro atoms. The first-order chi connectivity index (χ1) is 23.1. The predicted molar refractivity (Wildman–Crippen MR) is 180 cm³/mol. The molecule has 0 unspecified atom stereocenters. The molecule has 0 aliphatic carbocycles. The third-order valence-electron chi connectivity index (χ3n) is 8.97. The number of urea groups is 1. The number of benzene rings is 2. The van der Waals surface area contributed by atoms with E-state index in [1.54, 1.807) is 15.9 Å². The summed E-state index contributed by atoms with van der Waals surface area (Å²) in [4.78, 5) is 50.1. The van der Waals surface area contributed by atoms with E-state index >= 15 is 0 Å². The van der Waals surface area contributed by atoms with Gasteiger partial charge in [0, 0.05) is 51.5 Å². The van der Waals surface area contributed by atoms with Crippen molar-refractivity contribution in [3.8, 4) is 0 Å². The number of para-hydroxylation sites is 1. The normalized spacial score (nSPS) is 15.9. The van der Waals surface area contributed by atoms with Gasteiger partial charge in [-0.15, -0.1) is 0 Å². The van der Waals surface area contributed by atoms with E-state index in [1.807, 2.05) is 35.2 Å². The number of likely N-dealkylation sites (tertiary alicyclic amines) is 2. The molecule has 0 aromatic heterocycles. The van der Waals surface area contributed by atoms with Crippen LogP contribution in [0.15, 0.2) is 48.5 Å². The van der Waals surface area contributed by atoms with E-state index in [2.05, 4.69) is 5.32 Å². The van der Waals surface area contributed by atoms with Gasteiger partial charge in [-0.05, 0) is 80.9 Å². The zero-order chi connectivity index (χ0) is 34.9. The Morgan fingerprint density at radius 2 is 1.33 bits per heavy atom. The maximum Gasteiger partial charge on any atom is 0.321 e. The van der Waals surface area contributed by atoms with E-state index in [0.717, 1.165) is 63.6 Å². The summed E-state index contributed by atoms with van der Waals surface area (Å²) in [6.07, 6.45) is 7.88. The van der Waals surface area contributed by atoms with E-state index in [0.29, 0.717) is 50.6 Å². The Labute approximate surface area is 286 Å². The van der Waals surface area contributed by atoms with Gasteiger partial charge in [-0.3, -0.25) is 24.8 Å². The van der Waals surface area contributed by atoms with Crippen molar-refractivity contribution >= 4 is 41.0 Å². The number of hydroxylamine groups is 2. The predicted octanol–water partition coefficient (Wildman–Crippen LogP) is 5.39. The zero-order valence-corrected chi connectivity index (χ0v) is 28.0. The van der Waals surface area contributed by atoms with Crippen molar-refractivity contribution in [1.29, 1.82) is 0 Å². The van der Waals surface area contributed by atoms with Gasteiger partial charge in [0.05, 0.1) is 10.7 Å². The number of rotatable bonds is 12. The number of amides is 5. The van der Waals surface area contributed by atoms with Gasteiger partial charge in [0.2, 0.25) is 17.7 Å². The Kier molecular flexibility index (Phi) is 16.6. The second-order valence-corrected chi connectivity index (χ2v) is 12.8. The molecule has 2 aliphatic heterocycles. The van der Waals surface area contributed by atoms with Crippen LogP contribution in [-0.2, 0) is 14.4 Å². The smallest absolute Gasteiger partial charge is 0.321 e. The van der Waals surface area contributed by atoms with Gasteiger partial charge >= 0.3 is 6.03 Å². The molecule has 2 aliphatic rings. The number of nitrogens with one attached hydrogen (secondary N) is 3. The van der Waals surface area contributed by atoms with Crippen molar-refractivity contribution in [3.63, 3.8) is 0 Å². The molecule has 0 radical (unpaired) electrons. The summed E-state index contributed by atoms with van der Waals surface area (Å²) >= 11 is 5.91. The van der Waals surface area contributed by atoms with Crippen LogP contribution in [0.25, 0.3) is 0 Å². The van der Waals surface area contributed by atoms with Gasteiger partial charge in [-0.25, -0.2) is 20.1 Å². The molecular weight excluding hydrogens is 643 g/mol. The standard InChI is InChI=1S/C18H27N3O3.C16H21ClFN3O3/c19-16(15-6-2-1-3-7-15)13-18(23)21-11-9-14(10-12-21)5-4-8-17(22)20-24;17-12-4-2-5-13(18)15(12)19-16(23)21-9-7-11(8-10-21)3-1-6-14(22)20-24/h1-3,6-7,14,16,24H,4-5,8-13,19H2,(H,20,22);2,4-5,11,24H,1,3,6-10H2,(H,19,23)(H,20,22)/t16-;/m1./s1. The van der Waals surface area contributed by atoms with E-state index in [4.69, 9.17) is 27.7 Å². The number of carbonyl (C=O) groups is 4. The van der Waals surface area contributed by atoms with Crippen LogP contribution in [0, 0.1) is 17.7 Å². The Bertz CT molecular complexity index is 1300. The summed E-state index contributed by atoms with van der Waals surface area (Å²) in [5, 5.41) is 19.6. The van der Waals surface area contributed by atoms with Crippen molar-refractivity contribution in [2.45, 2.75) is 76.7 Å². The quantitative estimate of drug-likeness (QED) is 0.128. The largest absolute Gasteiger partial charge is 0.343 e. The summed E-state index contributed by atoms with van der Waals surface area (Å²) < 4.78 is 13.7. The Morgan fingerprint density at radius 1 is 0.812 bits per heavy atom. The molecule has 5 amide bonds. The molecule has 264 valence electrons. The second kappa shape index (κ2) is 20.6. The van der Waals surface area contributed by atoms with Crippen LogP contribution in [0.2, 0.25) is 5.02 Å². The molecular formula is C34H48ClFN6O6. The van der Waals surface area contributed by atoms with Crippen LogP contribution in [0.1, 0.15) is 82.2 Å². The first kappa shape index (κ1) is 38.7. The van der Waals surface area contributed by atoms with Crippen LogP contribution < -0.4 is 22.0 Å². The molecule has 48 heavy (non-hydrogen) atoms. The fraction of sp³-hybridized carbons (Fsp3) is 0.529. The minimum Gasteiger partial charge on any atom is -0.343 e. The van der Waals surface area contributed by atoms with Crippen LogP contribution >= 0.6 is 11.6 Å². The average Bonchev–Trinajstić information content (AvgIpc) is 3.10. The van der Waals surface area contributed by atoms with Crippen molar-refractivity contribution in [1.82, 2.24) is 20.8 Å². The lowest BCUT2D eigenvalue weighted by atomic mass is 9.91. The first-order valence-electron chi connectivity index (χ1n) is 16.5. The Morgan fingerprint density at radius 3 is 1.83 bits per heavy atom. The van der Waals surface area contributed by atoms with Crippen LogP contribution in [0.3, 0.4) is 0 Å². The minimum absolute atomic E-state index is 0.00121. The molecule has 4 rings (SSSR count). The van der Waals surface area contributed by atoms with Crippen LogP contribution in [-0.4, -0.2) is 70.1 Å². The number of nitrogens with two attached hydrogens (primary N) is 1. The monoisotopic (exact) mass is 690 g/mol. The molecule has 0 bridgehead atoms. The van der Waals surface area contributed by atoms with E-state index < -0.39 is 5.82 Å². The lowest BCUT2D eigenvalue weighted by Crippen LogP contribution is -2.41. The van der Waals surface area contributed by atoms with Crippen molar-refractivity contribution in [2.75, 3.05) is 31.5 Å². The fourth-order valence-electron chi connectivity index (χ4n) is 6.05. The van der Waals surface area contributed by atoms with Gasteiger partial charge in [0.25, 0.3) is 0 Å². The molecule has 2 saturated heterocycles. The summed E-state index contributed by atoms with van der Waals surface area (Å²) in [6.45, 7) is 2.68. The van der Waals surface area contributed by atoms with Crippen LogP contribution in [0.4, 0.5) is 14.9 Å². The highest BCUT2D eigenvalue weighted by Crippen LogP contribution is 2.27. The van der Waals surface area contributed by atoms with Crippen LogP contribution in [0.5, 0.6) is 0 Å².